The van der Waals surface area contributed by atoms with Crippen molar-refractivity contribution < 1.29 is 13.2 Å². The number of hydrogen-bond acceptors (Lipinski definition) is 5. The number of likely N-dealkylation sites (N-methyl/N-ethyl adjacent to an activating group) is 1. The van der Waals surface area contributed by atoms with Gasteiger partial charge in [0.1, 0.15) is 12.1 Å². The lowest BCUT2D eigenvalue weighted by Gasteiger charge is -2.26. The summed E-state index contributed by atoms with van der Waals surface area (Å²) < 4.78 is 41.1. The molecule has 1 N–H and O–H groups in total. The molecule has 0 aliphatic rings. The van der Waals surface area contributed by atoms with Crippen molar-refractivity contribution in [1.82, 2.24) is 24.6 Å². The molecule has 0 fully saturated rings. The lowest BCUT2D eigenvalue weighted by molar-refractivity contribution is -0.137. The molecule has 0 spiro atoms. The maximum absolute atomic E-state index is 13.1. The fourth-order valence-electron chi connectivity index (χ4n) is 3.19. The second kappa shape index (κ2) is 7.62. The number of nitrogens with zero attached hydrogens (tertiary/aromatic N) is 5. The van der Waals surface area contributed by atoms with Gasteiger partial charge < -0.3 is 10.2 Å². The summed E-state index contributed by atoms with van der Waals surface area (Å²) in [6.07, 6.45) is -1.21. The van der Waals surface area contributed by atoms with Gasteiger partial charge in [-0.2, -0.15) is 18.3 Å². The molecule has 156 valence electrons. The molecule has 2 heterocycles. The highest BCUT2D eigenvalue weighted by atomic mass is 19.4. The van der Waals surface area contributed by atoms with Crippen molar-refractivity contribution in [2.45, 2.75) is 38.5 Å². The van der Waals surface area contributed by atoms with Crippen LogP contribution in [0, 0.1) is 0 Å². The van der Waals surface area contributed by atoms with Crippen molar-refractivity contribution in [3.8, 4) is 0 Å². The minimum atomic E-state index is -4.37. The monoisotopic (exact) mass is 406 g/mol. The van der Waals surface area contributed by atoms with Crippen LogP contribution in [0.5, 0.6) is 0 Å². The normalized spacial score (nSPS) is 13.8. The summed E-state index contributed by atoms with van der Waals surface area (Å²) in [6, 6.07) is 5.14. The molecule has 0 aliphatic carbocycles. The highest BCUT2D eigenvalue weighted by molar-refractivity contribution is 5.86. The quantitative estimate of drug-likeness (QED) is 0.684. The summed E-state index contributed by atoms with van der Waals surface area (Å²) in [5, 5.41) is 8.46. The van der Waals surface area contributed by atoms with Crippen LogP contribution in [-0.4, -0.2) is 45.3 Å². The molecule has 9 heteroatoms. The van der Waals surface area contributed by atoms with Gasteiger partial charge >= 0.3 is 6.18 Å². The van der Waals surface area contributed by atoms with Crippen LogP contribution in [0.15, 0.2) is 36.8 Å². The van der Waals surface area contributed by atoms with Crippen LogP contribution in [-0.2, 0) is 11.7 Å². The number of alkyl halides is 3. The molecule has 0 aliphatic heterocycles. The molecule has 1 aromatic carbocycles. The molecule has 1 unspecified atom stereocenters. The maximum atomic E-state index is 13.1. The van der Waals surface area contributed by atoms with Crippen LogP contribution in [0.25, 0.3) is 11.0 Å². The Labute approximate surface area is 167 Å². The van der Waals surface area contributed by atoms with Crippen molar-refractivity contribution in [3.63, 3.8) is 0 Å². The highest BCUT2D eigenvalue weighted by Crippen LogP contribution is 2.32. The van der Waals surface area contributed by atoms with Crippen LogP contribution in [0.1, 0.15) is 37.9 Å². The molecule has 0 saturated carbocycles. The van der Waals surface area contributed by atoms with Gasteiger partial charge in [-0.15, -0.1) is 0 Å². The Hall–Kier alpha value is -2.68. The van der Waals surface area contributed by atoms with Gasteiger partial charge in [0, 0.05) is 6.54 Å². The Balaban J connectivity index is 1.88. The first kappa shape index (κ1) is 21.0. The largest absolute Gasteiger partial charge is 0.416 e. The molecule has 0 amide bonds. The maximum Gasteiger partial charge on any atom is 0.416 e. The molecule has 3 rings (SSSR count). The summed E-state index contributed by atoms with van der Waals surface area (Å²) in [5.41, 5.74) is 0.388. The molecule has 1 atom stereocenters. The van der Waals surface area contributed by atoms with E-state index in [0.717, 1.165) is 11.5 Å². The van der Waals surface area contributed by atoms with Gasteiger partial charge in [-0.25, -0.2) is 14.6 Å². The van der Waals surface area contributed by atoms with Gasteiger partial charge in [0.15, 0.2) is 5.65 Å². The number of aromatic nitrogens is 4. The average Bonchev–Trinajstić information content (AvgIpc) is 3.06. The van der Waals surface area contributed by atoms with E-state index in [1.807, 2.05) is 44.4 Å². The Morgan fingerprint density at radius 1 is 1.14 bits per heavy atom. The lowest BCUT2D eigenvalue weighted by atomic mass is 10.0. The van der Waals surface area contributed by atoms with E-state index in [4.69, 9.17) is 0 Å². The van der Waals surface area contributed by atoms with E-state index in [1.54, 1.807) is 12.3 Å². The number of fused-ring (bicyclic) bond motifs is 1. The van der Waals surface area contributed by atoms with Crippen LogP contribution in [0.2, 0.25) is 0 Å². The van der Waals surface area contributed by atoms with Gasteiger partial charge in [-0.05, 0) is 52.6 Å². The topological polar surface area (TPSA) is 58.9 Å². The molecule has 6 nitrogen and oxygen atoms in total. The Morgan fingerprint density at radius 2 is 1.86 bits per heavy atom. The zero-order chi connectivity index (χ0) is 21.4. The van der Waals surface area contributed by atoms with Crippen molar-refractivity contribution >= 4 is 16.9 Å². The molecule has 3 aromatic rings. The highest BCUT2D eigenvalue weighted by Gasteiger charge is 2.31. The van der Waals surface area contributed by atoms with Crippen LogP contribution in [0.4, 0.5) is 19.0 Å². The fourth-order valence-corrected chi connectivity index (χ4v) is 3.19. The van der Waals surface area contributed by atoms with E-state index >= 15 is 0 Å². The second-order valence-corrected chi connectivity index (χ2v) is 8.17. The summed E-state index contributed by atoms with van der Waals surface area (Å²) in [4.78, 5) is 10.5. The first-order valence-electron chi connectivity index (χ1n) is 9.25. The number of anilines is 1. The lowest BCUT2D eigenvalue weighted by Crippen LogP contribution is -2.27. The van der Waals surface area contributed by atoms with Gasteiger partial charge in [0.2, 0.25) is 0 Å². The van der Waals surface area contributed by atoms with Crippen LogP contribution < -0.4 is 5.32 Å². The number of benzene rings is 1. The van der Waals surface area contributed by atoms with Gasteiger partial charge in [0.05, 0.1) is 28.7 Å². The molecule has 0 saturated heterocycles. The molecular weight excluding hydrogens is 381 g/mol. The SMILES string of the molecule is CN(C)C(CNc1ncnc2c1cnn2C(C)(C)C)c1cccc(C(F)(F)F)c1. The standard InChI is InChI=1S/C20H25F3N6/c1-19(2,3)29-18-15(10-27-29)17(25-12-26-18)24-11-16(28(4)5)13-7-6-8-14(9-13)20(21,22)23/h6-10,12,16H,11H2,1-5H3,(H,24,25,26). The third-order valence-electron chi connectivity index (χ3n) is 4.69. The zero-order valence-corrected chi connectivity index (χ0v) is 17.1. The Kier molecular flexibility index (Phi) is 5.53. The second-order valence-electron chi connectivity index (χ2n) is 8.17. The van der Waals surface area contributed by atoms with Gasteiger partial charge in [0.25, 0.3) is 0 Å². The van der Waals surface area contributed by atoms with E-state index in [0.29, 0.717) is 23.6 Å². The molecule has 0 radical (unpaired) electrons. The first-order chi connectivity index (χ1) is 13.5. The number of halogens is 3. The minimum Gasteiger partial charge on any atom is -0.367 e. The third kappa shape index (κ3) is 4.50. The van der Waals surface area contributed by atoms with Crippen LogP contribution in [0.3, 0.4) is 0 Å². The summed E-state index contributed by atoms with van der Waals surface area (Å²) in [7, 11) is 3.67. The van der Waals surface area contributed by atoms with E-state index in [2.05, 4.69) is 20.4 Å². The van der Waals surface area contributed by atoms with E-state index in [1.165, 1.54) is 18.5 Å². The predicted molar refractivity (Wildman–Crippen MR) is 107 cm³/mol. The average molecular weight is 406 g/mol. The molecule has 29 heavy (non-hydrogen) atoms. The van der Waals surface area contributed by atoms with Crippen molar-refractivity contribution in [3.05, 3.63) is 47.9 Å². The van der Waals surface area contributed by atoms with Crippen LogP contribution >= 0.6 is 0 Å². The molecular formula is C20H25F3N6. The predicted octanol–water partition coefficient (Wildman–Crippen LogP) is 4.31. The van der Waals surface area contributed by atoms with Gasteiger partial charge in [-0.1, -0.05) is 12.1 Å². The van der Waals surface area contributed by atoms with Crippen molar-refractivity contribution in [1.29, 1.82) is 0 Å². The van der Waals surface area contributed by atoms with E-state index < -0.39 is 11.7 Å². The van der Waals surface area contributed by atoms with E-state index in [9.17, 15) is 13.2 Å². The number of hydrogen-bond donors (Lipinski definition) is 1. The summed E-state index contributed by atoms with van der Waals surface area (Å²) >= 11 is 0. The van der Waals surface area contributed by atoms with Gasteiger partial charge in [-0.3, -0.25) is 0 Å². The summed E-state index contributed by atoms with van der Waals surface area (Å²) in [5.74, 6) is 0.601. The van der Waals surface area contributed by atoms with E-state index in [-0.39, 0.29) is 11.6 Å². The third-order valence-corrected chi connectivity index (χ3v) is 4.69. The number of rotatable bonds is 5. The zero-order valence-electron chi connectivity index (χ0n) is 17.1. The molecule has 2 aromatic heterocycles. The fraction of sp³-hybridized carbons (Fsp3) is 0.450. The Morgan fingerprint density at radius 3 is 2.48 bits per heavy atom. The smallest absolute Gasteiger partial charge is 0.367 e. The minimum absolute atomic E-state index is 0.239. The summed E-state index contributed by atoms with van der Waals surface area (Å²) in [6.45, 7) is 6.47. The Bertz CT molecular complexity index is 988. The van der Waals surface area contributed by atoms with Crippen molar-refractivity contribution in [2.75, 3.05) is 26.0 Å². The van der Waals surface area contributed by atoms with Crippen molar-refractivity contribution in [2.24, 2.45) is 0 Å². The number of nitrogens with one attached hydrogen (secondary N) is 1. The molecule has 0 bridgehead atoms. The first-order valence-corrected chi connectivity index (χ1v) is 9.25.